The molecule has 0 saturated heterocycles. The number of rotatable bonds is 24. The Hall–Kier alpha value is -7.28. The number of anilines is 6. The zero-order valence-corrected chi connectivity index (χ0v) is 43.0. The van der Waals surface area contributed by atoms with E-state index in [1.54, 1.807) is 95.3 Å². The quantitative estimate of drug-likeness (QED) is 0.0376. The van der Waals surface area contributed by atoms with Crippen LogP contribution in [0.15, 0.2) is 49.1 Å². The number of amides is 6. The molecule has 6 aromatic rings. The summed E-state index contributed by atoms with van der Waals surface area (Å²) in [6.45, 7) is 6.82. The predicted molar refractivity (Wildman–Crippen MR) is 279 cm³/mol. The van der Waals surface area contributed by atoms with Crippen molar-refractivity contribution in [3.63, 3.8) is 0 Å². The number of carbonyl (C=O) groups excluding carboxylic acids is 6. The van der Waals surface area contributed by atoms with Crippen LogP contribution in [0.4, 0.5) is 33.0 Å². The Morgan fingerprint density at radius 3 is 1.21 bits per heavy atom. The minimum Gasteiger partial charge on any atom is -0.375 e. The fourth-order valence-corrected chi connectivity index (χ4v) is 9.22. The van der Waals surface area contributed by atoms with Gasteiger partial charge in [0.1, 0.15) is 32.5 Å². The Morgan fingerprint density at radius 1 is 0.507 bits per heavy atom. The average Bonchev–Trinajstić information content (AvgIpc) is 4.16. The summed E-state index contributed by atoms with van der Waals surface area (Å²) in [5.41, 5.74) is 15.6. The lowest BCUT2D eigenvalue weighted by atomic mass is 10.2. The number of unbranched alkanes of at least 4 members (excludes halogenated alkanes) is 2. The van der Waals surface area contributed by atoms with Gasteiger partial charge in [-0.2, -0.15) is 0 Å². The van der Waals surface area contributed by atoms with E-state index < -0.39 is 23.6 Å². The van der Waals surface area contributed by atoms with Crippen LogP contribution in [0.2, 0.25) is 0 Å². The van der Waals surface area contributed by atoms with Gasteiger partial charge in [-0.1, -0.05) is 22.7 Å². The van der Waals surface area contributed by atoms with Crippen LogP contribution in [-0.4, -0.2) is 128 Å². The molecule has 24 heteroatoms. The number of nitrogens with one attached hydrogen (secondary N) is 6. The van der Waals surface area contributed by atoms with Crippen LogP contribution in [0.3, 0.4) is 0 Å². The summed E-state index contributed by atoms with van der Waals surface area (Å²) in [5, 5.41) is 17.9. The summed E-state index contributed by atoms with van der Waals surface area (Å²) >= 11 is 2.13. The van der Waals surface area contributed by atoms with Gasteiger partial charge in [-0.15, -0.1) is 0 Å². The second-order valence-corrected chi connectivity index (χ2v) is 19.8. The molecule has 6 amide bonds. The van der Waals surface area contributed by atoms with Crippen molar-refractivity contribution in [2.45, 2.75) is 59.0 Å². The lowest BCUT2D eigenvalue weighted by molar-refractivity contribution is 0.0936. The number of thiazole rings is 2. The first kappa shape index (κ1) is 53.1. The average molecular weight is 1010 g/mol. The number of hydrogen-bond acceptors (Lipinski definition) is 14. The van der Waals surface area contributed by atoms with Crippen molar-refractivity contribution >= 4 is 91.1 Å². The zero-order valence-electron chi connectivity index (χ0n) is 41.4. The lowest BCUT2D eigenvalue weighted by Gasteiger charge is -2.11. The molecule has 0 saturated carbocycles. The van der Waals surface area contributed by atoms with Gasteiger partial charge in [0.2, 0.25) is 0 Å². The molecule has 0 aromatic carbocycles. The van der Waals surface area contributed by atoms with Crippen LogP contribution >= 0.6 is 22.7 Å². The largest absolute Gasteiger partial charge is 0.375 e. The Labute approximate surface area is 420 Å². The first-order valence-electron chi connectivity index (χ1n) is 23.1. The van der Waals surface area contributed by atoms with Crippen molar-refractivity contribution < 1.29 is 28.8 Å². The molecule has 0 bridgehead atoms. The van der Waals surface area contributed by atoms with Gasteiger partial charge in [-0.25, -0.2) is 9.97 Å². The Morgan fingerprint density at radius 2 is 0.859 bits per heavy atom. The first-order valence-corrected chi connectivity index (χ1v) is 24.7. The van der Waals surface area contributed by atoms with Gasteiger partial charge in [0.05, 0.1) is 34.1 Å². The second-order valence-electron chi connectivity index (χ2n) is 17.7. The van der Waals surface area contributed by atoms with Crippen LogP contribution in [-0.2, 0) is 27.2 Å². The number of nitrogens with zero attached hydrogens (tertiary/aromatic N) is 8. The van der Waals surface area contributed by atoms with Crippen LogP contribution in [0.1, 0.15) is 105 Å². The highest BCUT2D eigenvalue weighted by molar-refractivity contribution is 7.17. The van der Waals surface area contributed by atoms with Crippen molar-refractivity contribution in [1.29, 1.82) is 0 Å². The SMILES string of the molecule is Cc1nc(N)sc1C(=O)Nc1cc(C(=O)Nc2cc(C(=O)NCCCN(C)C)n(C)c2)n(CCCCCn2cc(NC(=O)c3sc(N)nc3C)cc2C(=O)Nc2cc(C(=O)NCCCN(C)C)n(C)c2)c1. The molecule has 0 aliphatic carbocycles. The molecular formula is C47H64N16O6S2. The molecule has 380 valence electrons. The highest BCUT2D eigenvalue weighted by Crippen LogP contribution is 2.26. The lowest BCUT2D eigenvalue weighted by Crippen LogP contribution is -2.28. The van der Waals surface area contributed by atoms with E-state index in [1.807, 2.05) is 38.0 Å². The van der Waals surface area contributed by atoms with Crippen LogP contribution in [0.25, 0.3) is 0 Å². The molecule has 22 nitrogen and oxygen atoms in total. The molecule has 0 aliphatic rings. The van der Waals surface area contributed by atoms with E-state index >= 15 is 0 Å². The van der Waals surface area contributed by atoms with E-state index in [2.05, 4.69) is 41.9 Å². The number of carbonyl (C=O) groups is 6. The molecule has 0 atom stereocenters. The van der Waals surface area contributed by atoms with Gasteiger partial charge in [0.15, 0.2) is 10.3 Å². The van der Waals surface area contributed by atoms with E-state index in [0.717, 1.165) is 48.6 Å². The van der Waals surface area contributed by atoms with E-state index in [1.165, 1.54) is 0 Å². The van der Waals surface area contributed by atoms with Crippen molar-refractivity contribution in [1.82, 2.24) is 48.7 Å². The molecule has 0 aliphatic heterocycles. The minimum atomic E-state index is -0.452. The molecule has 6 aromatic heterocycles. The van der Waals surface area contributed by atoms with Gasteiger partial charge < -0.3 is 71.4 Å². The van der Waals surface area contributed by atoms with Crippen LogP contribution < -0.4 is 43.4 Å². The summed E-state index contributed by atoms with van der Waals surface area (Å²) in [6.07, 6.45) is 10.1. The molecule has 0 fully saturated rings. The molecule has 71 heavy (non-hydrogen) atoms. The first-order chi connectivity index (χ1) is 33.8. The molecule has 6 rings (SSSR count). The molecular weight excluding hydrogens is 949 g/mol. The third kappa shape index (κ3) is 14.4. The third-order valence-corrected chi connectivity index (χ3v) is 13.2. The standard InChI is InChI=1S/C47H64N16O6S2/c1-28-38(70-46(48)52-28)44(68)56-32-22-36(42(66)54-30-20-34(60(7)24-30)40(64)50-14-12-16-58(3)4)62(26-32)18-10-9-11-19-63-27-33(57-45(69)39-29(2)53-47(49)71-39)23-37(63)43(67)55-31-21-35(61(8)25-31)41(65)51-15-13-17-59(5)6/h20-27H,9-19H2,1-8H3,(H2,48,52)(H2,49,53)(H,50,64)(H,51,65)(H,54,66)(H,55,67)(H,56,68)(H,57,69). The third-order valence-electron chi connectivity index (χ3n) is 11.2. The van der Waals surface area contributed by atoms with Crippen LogP contribution in [0, 0.1) is 13.8 Å². The Bertz CT molecular complexity index is 2690. The molecule has 0 unspecified atom stereocenters. The summed E-state index contributed by atoms with van der Waals surface area (Å²) in [7, 11) is 11.3. The fraction of sp³-hybridized carbons (Fsp3) is 0.404. The zero-order chi connectivity index (χ0) is 51.5. The number of nitrogen functional groups attached to an aromatic ring is 2. The normalized spacial score (nSPS) is 11.3. The highest BCUT2D eigenvalue weighted by Gasteiger charge is 2.23. The van der Waals surface area contributed by atoms with Crippen molar-refractivity contribution in [2.75, 3.05) is 87.1 Å². The van der Waals surface area contributed by atoms with E-state index in [0.29, 0.717) is 101 Å². The molecule has 0 radical (unpaired) electrons. The summed E-state index contributed by atoms with van der Waals surface area (Å²) in [5.74, 6) is -2.26. The minimum absolute atomic E-state index is 0.262. The monoisotopic (exact) mass is 1010 g/mol. The van der Waals surface area contributed by atoms with Crippen molar-refractivity contribution in [2.24, 2.45) is 14.1 Å². The number of aryl methyl sites for hydroxylation is 6. The smallest absolute Gasteiger partial charge is 0.272 e. The summed E-state index contributed by atoms with van der Waals surface area (Å²) in [6, 6.07) is 6.40. The van der Waals surface area contributed by atoms with Gasteiger partial charge in [0, 0.05) is 65.1 Å². The number of nitrogens with two attached hydrogens (primary N) is 2. The maximum absolute atomic E-state index is 14.0. The van der Waals surface area contributed by atoms with Crippen LogP contribution in [0.5, 0.6) is 0 Å². The maximum Gasteiger partial charge on any atom is 0.272 e. The Kier molecular flexibility index (Phi) is 18.0. The van der Waals surface area contributed by atoms with Gasteiger partial charge in [0.25, 0.3) is 35.4 Å². The van der Waals surface area contributed by atoms with E-state index in [4.69, 9.17) is 11.5 Å². The van der Waals surface area contributed by atoms with E-state index in [9.17, 15) is 28.8 Å². The summed E-state index contributed by atoms with van der Waals surface area (Å²) < 4.78 is 6.81. The fourth-order valence-electron chi connectivity index (χ4n) is 7.76. The number of aromatic nitrogens is 6. The topological polar surface area (TPSA) is 279 Å². The number of hydrogen-bond donors (Lipinski definition) is 8. The molecule has 0 spiro atoms. The van der Waals surface area contributed by atoms with Gasteiger partial charge >= 0.3 is 0 Å². The van der Waals surface area contributed by atoms with Crippen molar-refractivity contribution in [3.8, 4) is 0 Å². The molecule has 6 heterocycles. The highest BCUT2D eigenvalue weighted by atomic mass is 32.1. The maximum atomic E-state index is 14.0. The molecule has 10 N–H and O–H groups in total. The van der Waals surface area contributed by atoms with Gasteiger partial charge in [-0.05, 0) is 111 Å². The van der Waals surface area contributed by atoms with Crippen molar-refractivity contribution in [3.05, 3.63) is 93.0 Å². The Balaban J connectivity index is 1.15. The second kappa shape index (κ2) is 24.0. The van der Waals surface area contributed by atoms with E-state index in [-0.39, 0.29) is 33.5 Å². The summed E-state index contributed by atoms with van der Waals surface area (Å²) in [4.78, 5) is 93.6. The predicted octanol–water partition coefficient (Wildman–Crippen LogP) is 4.90. The van der Waals surface area contributed by atoms with Gasteiger partial charge in [-0.3, -0.25) is 28.8 Å².